The molecule has 0 N–H and O–H groups in total. The molecule has 2 atom stereocenters. The van der Waals surface area contributed by atoms with Crippen molar-refractivity contribution in [2.24, 2.45) is 5.92 Å². The van der Waals surface area contributed by atoms with Gasteiger partial charge < -0.3 is 14.5 Å². The second kappa shape index (κ2) is 9.09. The first kappa shape index (κ1) is 20.7. The van der Waals surface area contributed by atoms with Crippen molar-refractivity contribution in [3.63, 3.8) is 0 Å². The van der Waals surface area contributed by atoms with E-state index in [9.17, 15) is 9.59 Å². The average molecular weight is 427 g/mol. The van der Waals surface area contributed by atoms with Crippen LogP contribution in [-0.2, 0) is 4.79 Å². The number of carbonyl (C=O) groups is 2. The molecule has 2 aromatic rings. The molecule has 0 radical (unpaired) electrons. The van der Waals surface area contributed by atoms with E-state index in [2.05, 4.69) is 0 Å². The van der Waals surface area contributed by atoms with E-state index >= 15 is 0 Å². The molecule has 5 nitrogen and oxygen atoms in total. The maximum atomic E-state index is 13.5. The summed E-state index contributed by atoms with van der Waals surface area (Å²) >= 11 is 6.09. The normalized spacial score (nSPS) is 21.5. The highest BCUT2D eigenvalue weighted by Crippen LogP contribution is 2.39. The Morgan fingerprint density at radius 3 is 2.47 bits per heavy atom. The molecule has 2 heterocycles. The molecular formula is C24H27ClN2O3. The summed E-state index contributed by atoms with van der Waals surface area (Å²) in [5.41, 5.74) is 1.53. The van der Waals surface area contributed by atoms with Crippen LogP contribution in [0.5, 0.6) is 5.75 Å². The number of rotatable bonds is 4. The quantitative estimate of drug-likeness (QED) is 0.735. The Balaban J connectivity index is 1.64. The minimum absolute atomic E-state index is 0.0913. The van der Waals surface area contributed by atoms with Gasteiger partial charge in [0.15, 0.2) is 0 Å². The number of benzene rings is 2. The van der Waals surface area contributed by atoms with Crippen LogP contribution in [0.25, 0.3) is 0 Å². The van der Waals surface area contributed by atoms with E-state index in [1.54, 1.807) is 36.3 Å². The van der Waals surface area contributed by atoms with Gasteiger partial charge in [0.2, 0.25) is 5.91 Å². The largest absolute Gasteiger partial charge is 0.496 e. The first-order chi connectivity index (χ1) is 14.6. The van der Waals surface area contributed by atoms with E-state index in [1.807, 2.05) is 29.2 Å². The summed E-state index contributed by atoms with van der Waals surface area (Å²) in [5, 5.41) is 0.530. The molecule has 2 aromatic carbocycles. The fraction of sp³-hybridized carbons (Fsp3) is 0.417. The molecule has 158 valence electrons. The summed E-state index contributed by atoms with van der Waals surface area (Å²) in [6, 6.07) is 14.8. The van der Waals surface area contributed by atoms with Gasteiger partial charge in [-0.2, -0.15) is 0 Å². The molecule has 0 aliphatic carbocycles. The number of ether oxygens (including phenoxy) is 1. The van der Waals surface area contributed by atoms with E-state index in [4.69, 9.17) is 16.3 Å². The Labute approximate surface area is 182 Å². The zero-order valence-corrected chi connectivity index (χ0v) is 18.0. The molecule has 2 aliphatic heterocycles. The van der Waals surface area contributed by atoms with Crippen LogP contribution in [0.2, 0.25) is 5.02 Å². The van der Waals surface area contributed by atoms with Gasteiger partial charge >= 0.3 is 0 Å². The Bertz CT molecular complexity index is 926. The van der Waals surface area contributed by atoms with E-state index in [0.717, 1.165) is 37.2 Å². The maximum absolute atomic E-state index is 13.5. The molecule has 0 aromatic heterocycles. The van der Waals surface area contributed by atoms with Gasteiger partial charge in [-0.25, -0.2) is 0 Å². The molecule has 6 heteroatoms. The Hall–Kier alpha value is -2.53. The van der Waals surface area contributed by atoms with E-state index in [1.165, 1.54) is 6.42 Å². The molecule has 30 heavy (non-hydrogen) atoms. The van der Waals surface area contributed by atoms with Gasteiger partial charge in [-0.3, -0.25) is 9.59 Å². The number of nitrogens with zero attached hydrogens (tertiary/aromatic N) is 2. The van der Waals surface area contributed by atoms with Crippen LogP contribution in [0, 0.1) is 5.92 Å². The lowest BCUT2D eigenvalue weighted by molar-refractivity contribution is -0.136. The molecule has 2 amide bonds. The minimum Gasteiger partial charge on any atom is -0.496 e. The third-order valence-electron chi connectivity index (χ3n) is 6.20. The summed E-state index contributed by atoms with van der Waals surface area (Å²) in [6.07, 6.45) is 3.26. The van der Waals surface area contributed by atoms with Gasteiger partial charge in [-0.1, -0.05) is 35.9 Å². The van der Waals surface area contributed by atoms with Crippen LogP contribution < -0.4 is 4.74 Å². The zero-order valence-electron chi connectivity index (χ0n) is 17.2. The number of para-hydroxylation sites is 1. The summed E-state index contributed by atoms with van der Waals surface area (Å²) in [5.74, 6) is 0.440. The van der Waals surface area contributed by atoms with Crippen LogP contribution in [0.15, 0.2) is 48.5 Å². The van der Waals surface area contributed by atoms with Crippen LogP contribution in [0.4, 0.5) is 0 Å². The van der Waals surface area contributed by atoms with E-state index < -0.39 is 0 Å². The molecule has 2 saturated heterocycles. The number of likely N-dealkylation sites (tertiary alicyclic amines) is 2. The molecule has 2 aliphatic rings. The first-order valence-corrected chi connectivity index (χ1v) is 10.9. The number of halogens is 1. The van der Waals surface area contributed by atoms with Gasteiger partial charge in [0.05, 0.1) is 13.0 Å². The third kappa shape index (κ3) is 4.17. The number of hydrogen-bond donors (Lipinski definition) is 0. The fourth-order valence-electron chi connectivity index (χ4n) is 4.66. The molecule has 2 fully saturated rings. The van der Waals surface area contributed by atoms with E-state index in [-0.39, 0.29) is 23.7 Å². The van der Waals surface area contributed by atoms with Crippen molar-refractivity contribution in [1.82, 2.24) is 9.80 Å². The number of piperidine rings is 1. The molecule has 0 bridgehead atoms. The average Bonchev–Trinajstić information content (AvgIpc) is 3.23. The summed E-state index contributed by atoms with van der Waals surface area (Å²) in [4.78, 5) is 30.4. The monoisotopic (exact) mass is 426 g/mol. The predicted molar refractivity (Wildman–Crippen MR) is 117 cm³/mol. The molecule has 4 rings (SSSR count). The number of hydrogen-bond acceptors (Lipinski definition) is 3. The highest BCUT2D eigenvalue weighted by Gasteiger charge is 2.43. The van der Waals surface area contributed by atoms with Crippen molar-refractivity contribution in [3.05, 3.63) is 64.7 Å². The summed E-state index contributed by atoms with van der Waals surface area (Å²) in [6.45, 7) is 2.49. The van der Waals surface area contributed by atoms with Gasteiger partial charge in [0, 0.05) is 42.7 Å². The lowest BCUT2D eigenvalue weighted by atomic mass is 9.87. The summed E-state index contributed by atoms with van der Waals surface area (Å²) < 4.78 is 5.58. The van der Waals surface area contributed by atoms with Crippen molar-refractivity contribution in [3.8, 4) is 5.75 Å². The van der Waals surface area contributed by atoms with Gasteiger partial charge in [0.25, 0.3) is 5.91 Å². The number of carbonyl (C=O) groups excluding carboxylic acids is 2. The van der Waals surface area contributed by atoms with Gasteiger partial charge in [-0.05, 0) is 49.1 Å². The van der Waals surface area contributed by atoms with E-state index in [0.29, 0.717) is 23.7 Å². The highest BCUT2D eigenvalue weighted by atomic mass is 35.5. The second-order valence-corrected chi connectivity index (χ2v) is 8.50. The number of amides is 2. The molecular weight excluding hydrogens is 400 g/mol. The smallest absolute Gasteiger partial charge is 0.253 e. The molecule has 0 spiro atoms. The Kier molecular flexibility index (Phi) is 6.28. The zero-order chi connectivity index (χ0) is 21.1. The number of methoxy groups -OCH3 is 1. The SMILES string of the molecule is COc1ccccc1C1CN(C(=O)c2cccc(Cl)c2)CC1C(=O)N1CCCCC1. The topological polar surface area (TPSA) is 49.9 Å². The third-order valence-corrected chi connectivity index (χ3v) is 6.44. The first-order valence-electron chi connectivity index (χ1n) is 10.5. The lowest BCUT2D eigenvalue weighted by Crippen LogP contribution is -2.42. The summed E-state index contributed by atoms with van der Waals surface area (Å²) in [7, 11) is 1.64. The lowest BCUT2D eigenvalue weighted by Gasteiger charge is -2.31. The highest BCUT2D eigenvalue weighted by molar-refractivity contribution is 6.30. The maximum Gasteiger partial charge on any atom is 0.253 e. The van der Waals surface area contributed by atoms with Gasteiger partial charge in [-0.15, -0.1) is 0 Å². The van der Waals surface area contributed by atoms with Crippen molar-refractivity contribution < 1.29 is 14.3 Å². The predicted octanol–water partition coefficient (Wildman–Crippen LogP) is 4.22. The van der Waals surface area contributed by atoms with Gasteiger partial charge in [0.1, 0.15) is 5.75 Å². The Morgan fingerprint density at radius 1 is 0.967 bits per heavy atom. The van der Waals surface area contributed by atoms with Crippen molar-refractivity contribution in [1.29, 1.82) is 0 Å². The van der Waals surface area contributed by atoms with Crippen LogP contribution in [0.1, 0.15) is 41.1 Å². The molecule has 2 unspecified atom stereocenters. The van der Waals surface area contributed by atoms with Crippen LogP contribution in [0.3, 0.4) is 0 Å². The standard InChI is InChI=1S/C24H27ClN2O3/c1-30-22-11-4-3-10-19(22)20-15-27(23(28)17-8-7-9-18(25)14-17)16-21(20)24(29)26-12-5-2-6-13-26/h3-4,7-11,14,20-21H,2,5-6,12-13,15-16H2,1H3. The second-order valence-electron chi connectivity index (χ2n) is 8.06. The van der Waals surface area contributed by atoms with Crippen LogP contribution >= 0.6 is 11.6 Å². The van der Waals surface area contributed by atoms with Crippen molar-refractivity contribution in [2.45, 2.75) is 25.2 Å². The minimum atomic E-state index is -0.275. The van der Waals surface area contributed by atoms with Crippen molar-refractivity contribution >= 4 is 23.4 Å². The van der Waals surface area contributed by atoms with Crippen LogP contribution in [-0.4, -0.2) is 54.9 Å². The van der Waals surface area contributed by atoms with Crippen molar-refractivity contribution in [2.75, 3.05) is 33.3 Å². The fourth-order valence-corrected chi connectivity index (χ4v) is 4.85. The Morgan fingerprint density at radius 2 is 1.73 bits per heavy atom. The molecule has 0 saturated carbocycles.